The van der Waals surface area contributed by atoms with E-state index in [-0.39, 0.29) is 48.3 Å². The molecule has 2 aromatic carbocycles. The second-order valence-electron chi connectivity index (χ2n) is 8.37. The van der Waals surface area contributed by atoms with Crippen LogP contribution in [0.4, 0.5) is 0 Å². The second kappa shape index (κ2) is 8.30. The van der Waals surface area contributed by atoms with Crippen LogP contribution in [0.3, 0.4) is 0 Å². The van der Waals surface area contributed by atoms with Crippen molar-refractivity contribution in [1.29, 1.82) is 0 Å². The number of fused-ring (bicyclic) bond motifs is 1. The Morgan fingerprint density at radius 2 is 1.63 bits per heavy atom. The van der Waals surface area contributed by atoms with Gasteiger partial charge < -0.3 is 15.1 Å². The third kappa shape index (κ3) is 3.82. The molecule has 0 aromatic heterocycles. The van der Waals surface area contributed by atoms with Crippen LogP contribution in [0, 0.1) is 5.92 Å². The van der Waals surface area contributed by atoms with E-state index in [2.05, 4.69) is 5.32 Å². The zero-order valence-corrected chi connectivity index (χ0v) is 17.3. The van der Waals surface area contributed by atoms with Gasteiger partial charge in [0.15, 0.2) is 0 Å². The summed E-state index contributed by atoms with van der Waals surface area (Å²) in [4.78, 5) is 42.6. The maximum absolute atomic E-state index is 13.2. The van der Waals surface area contributed by atoms with Crippen LogP contribution in [0.1, 0.15) is 42.2 Å². The molecule has 2 saturated heterocycles. The Morgan fingerprint density at radius 1 is 1.00 bits per heavy atom. The Balaban J connectivity index is 1.62. The highest BCUT2D eigenvalue weighted by atomic mass is 16.2. The lowest BCUT2D eigenvalue weighted by atomic mass is 9.92. The predicted octanol–water partition coefficient (Wildman–Crippen LogP) is 2.63. The summed E-state index contributed by atoms with van der Waals surface area (Å²) in [6.45, 7) is 4.34. The summed E-state index contributed by atoms with van der Waals surface area (Å²) in [5.74, 6) is -0.628. The van der Waals surface area contributed by atoms with Gasteiger partial charge in [0.2, 0.25) is 11.8 Å². The molecule has 2 aromatic rings. The molecule has 6 nitrogen and oxygen atoms in total. The topological polar surface area (TPSA) is 69.7 Å². The molecule has 2 aliphatic heterocycles. The largest absolute Gasteiger partial charge is 0.354 e. The van der Waals surface area contributed by atoms with Gasteiger partial charge in [0.1, 0.15) is 6.54 Å². The molecule has 30 heavy (non-hydrogen) atoms. The van der Waals surface area contributed by atoms with Crippen molar-refractivity contribution in [2.75, 3.05) is 13.1 Å². The number of hydrogen-bond acceptors (Lipinski definition) is 3. The van der Waals surface area contributed by atoms with Gasteiger partial charge in [0.25, 0.3) is 5.91 Å². The average Bonchev–Trinajstić information content (AvgIpc) is 3.14. The van der Waals surface area contributed by atoms with Crippen molar-refractivity contribution in [3.63, 3.8) is 0 Å². The summed E-state index contributed by atoms with van der Waals surface area (Å²) in [6, 6.07) is 18.3. The Hall–Kier alpha value is -3.15. The van der Waals surface area contributed by atoms with E-state index in [9.17, 15) is 14.4 Å². The molecule has 6 heteroatoms. The zero-order chi connectivity index (χ0) is 21.3. The Kier molecular flexibility index (Phi) is 5.57. The number of nitrogens with one attached hydrogen (secondary N) is 1. The number of amides is 3. The van der Waals surface area contributed by atoms with Crippen LogP contribution >= 0.6 is 0 Å². The first-order chi connectivity index (χ1) is 14.5. The lowest BCUT2D eigenvalue weighted by molar-refractivity contribution is -0.139. The van der Waals surface area contributed by atoms with E-state index in [0.717, 1.165) is 5.56 Å². The van der Waals surface area contributed by atoms with E-state index in [1.165, 1.54) is 0 Å². The molecule has 0 saturated carbocycles. The highest BCUT2D eigenvalue weighted by molar-refractivity contribution is 5.97. The van der Waals surface area contributed by atoms with Gasteiger partial charge in [0.05, 0.1) is 18.0 Å². The monoisotopic (exact) mass is 405 g/mol. The van der Waals surface area contributed by atoms with Gasteiger partial charge in [-0.1, -0.05) is 48.5 Å². The molecule has 4 rings (SSSR count). The van der Waals surface area contributed by atoms with Gasteiger partial charge in [-0.25, -0.2) is 0 Å². The van der Waals surface area contributed by atoms with Crippen molar-refractivity contribution in [3.8, 4) is 0 Å². The van der Waals surface area contributed by atoms with Gasteiger partial charge in [-0.2, -0.15) is 0 Å². The van der Waals surface area contributed by atoms with Crippen molar-refractivity contribution >= 4 is 17.7 Å². The van der Waals surface area contributed by atoms with Crippen molar-refractivity contribution in [3.05, 3.63) is 71.8 Å². The van der Waals surface area contributed by atoms with Crippen LogP contribution in [0.5, 0.6) is 0 Å². The fourth-order valence-corrected chi connectivity index (χ4v) is 4.64. The van der Waals surface area contributed by atoms with Crippen molar-refractivity contribution in [2.24, 2.45) is 5.92 Å². The van der Waals surface area contributed by atoms with Crippen LogP contribution in [-0.4, -0.2) is 52.7 Å². The molecule has 0 spiro atoms. The van der Waals surface area contributed by atoms with Crippen LogP contribution < -0.4 is 5.32 Å². The summed E-state index contributed by atoms with van der Waals surface area (Å²) in [7, 11) is 0. The molecule has 3 atom stereocenters. The summed E-state index contributed by atoms with van der Waals surface area (Å²) >= 11 is 0. The highest BCUT2D eigenvalue weighted by Crippen LogP contribution is 2.43. The molecule has 3 amide bonds. The number of rotatable bonds is 4. The van der Waals surface area contributed by atoms with E-state index < -0.39 is 0 Å². The van der Waals surface area contributed by atoms with Gasteiger partial charge in [-0.05, 0) is 38.0 Å². The van der Waals surface area contributed by atoms with E-state index in [1.54, 1.807) is 17.0 Å². The fourth-order valence-electron chi connectivity index (χ4n) is 4.64. The first-order valence-electron chi connectivity index (χ1n) is 10.5. The van der Waals surface area contributed by atoms with Crippen LogP contribution in [0.25, 0.3) is 0 Å². The van der Waals surface area contributed by atoms with Crippen molar-refractivity contribution in [1.82, 2.24) is 15.1 Å². The quantitative estimate of drug-likeness (QED) is 0.850. The summed E-state index contributed by atoms with van der Waals surface area (Å²) < 4.78 is 0. The number of carbonyl (C=O) groups excluding carboxylic acids is 3. The minimum absolute atomic E-state index is 0.0263. The highest BCUT2D eigenvalue weighted by Gasteiger charge is 2.50. The maximum Gasteiger partial charge on any atom is 0.254 e. The third-order valence-corrected chi connectivity index (χ3v) is 5.86. The van der Waals surface area contributed by atoms with Crippen molar-refractivity contribution < 1.29 is 14.4 Å². The van der Waals surface area contributed by atoms with Gasteiger partial charge in [0, 0.05) is 18.2 Å². The predicted molar refractivity (Wildman–Crippen MR) is 114 cm³/mol. The minimum Gasteiger partial charge on any atom is -0.354 e. The Morgan fingerprint density at radius 3 is 2.27 bits per heavy atom. The lowest BCUT2D eigenvalue weighted by Gasteiger charge is -2.40. The first kappa shape index (κ1) is 20.1. The molecule has 0 radical (unpaired) electrons. The molecular weight excluding hydrogens is 378 g/mol. The normalized spacial score (nSPS) is 23.4. The van der Waals surface area contributed by atoms with Gasteiger partial charge >= 0.3 is 0 Å². The van der Waals surface area contributed by atoms with E-state index in [1.807, 2.05) is 67.3 Å². The van der Waals surface area contributed by atoms with E-state index in [4.69, 9.17) is 0 Å². The Bertz CT molecular complexity index is 929. The lowest BCUT2D eigenvalue weighted by Crippen LogP contribution is -2.55. The van der Waals surface area contributed by atoms with Gasteiger partial charge in [-0.15, -0.1) is 0 Å². The Labute approximate surface area is 176 Å². The molecule has 2 aliphatic rings. The van der Waals surface area contributed by atoms with Crippen LogP contribution in [-0.2, 0) is 9.59 Å². The molecule has 156 valence electrons. The number of hydrogen-bond donors (Lipinski definition) is 1. The summed E-state index contributed by atoms with van der Waals surface area (Å²) in [5, 5.41) is 3.01. The molecule has 2 fully saturated rings. The fraction of sp³-hybridized carbons (Fsp3) is 0.375. The molecule has 2 heterocycles. The molecule has 0 aliphatic carbocycles. The maximum atomic E-state index is 13.2. The molecule has 0 bridgehead atoms. The van der Waals surface area contributed by atoms with Crippen LogP contribution in [0.2, 0.25) is 0 Å². The summed E-state index contributed by atoms with van der Waals surface area (Å²) in [6.07, 6.45) is 0.544. The smallest absolute Gasteiger partial charge is 0.254 e. The van der Waals surface area contributed by atoms with Gasteiger partial charge in [-0.3, -0.25) is 14.4 Å². The first-order valence-corrected chi connectivity index (χ1v) is 10.5. The molecule has 1 N–H and O–H groups in total. The van der Waals surface area contributed by atoms with Crippen LogP contribution in [0.15, 0.2) is 60.7 Å². The van der Waals surface area contributed by atoms with Crippen molar-refractivity contribution in [2.45, 2.75) is 38.4 Å². The number of nitrogens with zero attached hydrogens (tertiary/aromatic N) is 2. The van der Waals surface area contributed by atoms with E-state index >= 15 is 0 Å². The number of piperazine rings is 1. The number of carbonyl (C=O) groups is 3. The average molecular weight is 405 g/mol. The summed E-state index contributed by atoms with van der Waals surface area (Å²) in [5.41, 5.74) is 1.53. The van der Waals surface area contributed by atoms with E-state index in [0.29, 0.717) is 18.5 Å². The molecular formula is C24H27N3O3. The number of benzene rings is 2. The standard InChI is InChI=1S/C24H27N3O3/c1-16(2)25-23(29)20-13-19-14-26(24(30)18-11-7-4-8-12-18)15-21(28)27(19)22(20)17-9-5-3-6-10-17/h3-12,16,19-20,22H,13-15H2,1-2H3,(H,25,29)/t19-,20-,22-/m1/s1. The molecule has 0 unspecified atom stereocenters. The zero-order valence-electron chi connectivity index (χ0n) is 17.3. The third-order valence-electron chi connectivity index (χ3n) is 5.86. The second-order valence-corrected chi connectivity index (χ2v) is 8.37. The minimum atomic E-state index is -0.337. The SMILES string of the molecule is CC(C)NC(=O)[C@@H]1C[C@@H]2CN(C(=O)c3ccccc3)CC(=O)N2[C@@H]1c1ccccc1.